The molecule has 10 heteroatoms. The van der Waals surface area contributed by atoms with Crippen LogP contribution >= 0.6 is 0 Å². The number of fused-ring (bicyclic) bond motifs is 1. The summed E-state index contributed by atoms with van der Waals surface area (Å²) in [7, 11) is 1.68. The van der Waals surface area contributed by atoms with Crippen LogP contribution in [0.4, 0.5) is 5.69 Å². The SMILES string of the molecule is COc1ccc(N2CCN([C@@H](c3cc4cc(C)c(C)cc4[nH]c3=O)c3nnnn3C[C@H]3CCCO3)CC2)cc1. The van der Waals surface area contributed by atoms with Crippen molar-refractivity contribution in [3.8, 4) is 5.75 Å². The maximum atomic E-state index is 13.6. The molecule has 0 aliphatic carbocycles. The zero-order chi connectivity index (χ0) is 26.9. The lowest BCUT2D eigenvalue weighted by atomic mass is 10.00. The Morgan fingerprint density at radius 2 is 1.85 bits per heavy atom. The van der Waals surface area contributed by atoms with Crippen molar-refractivity contribution in [2.24, 2.45) is 0 Å². The molecule has 1 N–H and O–H groups in total. The van der Waals surface area contributed by atoms with E-state index < -0.39 is 0 Å². The first-order chi connectivity index (χ1) is 19.0. The van der Waals surface area contributed by atoms with Crippen LogP contribution in [-0.4, -0.2) is 76.1 Å². The van der Waals surface area contributed by atoms with Gasteiger partial charge in [-0.3, -0.25) is 9.69 Å². The summed E-state index contributed by atoms with van der Waals surface area (Å²) >= 11 is 0. The van der Waals surface area contributed by atoms with Crippen LogP contribution in [0.3, 0.4) is 0 Å². The number of H-pyrrole nitrogens is 1. The fourth-order valence-electron chi connectivity index (χ4n) is 5.75. The van der Waals surface area contributed by atoms with Crippen LogP contribution in [0.15, 0.2) is 47.3 Å². The summed E-state index contributed by atoms with van der Waals surface area (Å²) in [6, 6.07) is 14.0. The van der Waals surface area contributed by atoms with Crippen molar-refractivity contribution < 1.29 is 9.47 Å². The molecule has 2 aromatic heterocycles. The second-order valence-electron chi connectivity index (χ2n) is 10.6. The van der Waals surface area contributed by atoms with Gasteiger partial charge in [0.1, 0.15) is 11.8 Å². The van der Waals surface area contributed by atoms with Gasteiger partial charge in [0.05, 0.1) is 19.8 Å². The molecule has 0 spiro atoms. The molecule has 39 heavy (non-hydrogen) atoms. The van der Waals surface area contributed by atoms with Crippen molar-refractivity contribution >= 4 is 16.6 Å². The van der Waals surface area contributed by atoms with Crippen LogP contribution in [0.2, 0.25) is 0 Å². The third-order valence-corrected chi connectivity index (χ3v) is 8.10. The van der Waals surface area contributed by atoms with Gasteiger partial charge in [-0.2, -0.15) is 0 Å². The number of nitrogens with zero attached hydrogens (tertiary/aromatic N) is 6. The number of benzene rings is 2. The Morgan fingerprint density at radius 3 is 2.56 bits per heavy atom. The Morgan fingerprint density at radius 1 is 1.08 bits per heavy atom. The van der Waals surface area contributed by atoms with Crippen LogP contribution in [0.5, 0.6) is 5.75 Å². The Hall–Kier alpha value is -3.76. The molecule has 0 saturated carbocycles. The van der Waals surface area contributed by atoms with Crippen molar-refractivity contribution in [2.45, 2.75) is 45.4 Å². The summed E-state index contributed by atoms with van der Waals surface area (Å²) in [5, 5.41) is 13.9. The molecule has 4 aromatic rings. The molecule has 0 amide bonds. The van der Waals surface area contributed by atoms with E-state index in [4.69, 9.17) is 9.47 Å². The average molecular weight is 530 g/mol. The predicted octanol–water partition coefficient (Wildman–Crippen LogP) is 3.23. The summed E-state index contributed by atoms with van der Waals surface area (Å²) in [6.45, 7) is 8.65. The molecule has 2 aliphatic rings. The van der Waals surface area contributed by atoms with Crippen LogP contribution in [0, 0.1) is 13.8 Å². The first kappa shape index (κ1) is 25.5. The first-order valence-corrected chi connectivity index (χ1v) is 13.6. The predicted molar refractivity (Wildman–Crippen MR) is 149 cm³/mol. The highest BCUT2D eigenvalue weighted by Crippen LogP contribution is 2.30. The fraction of sp³-hybridized carbons (Fsp3) is 0.448. The Labute approximate surface area is 227 Å². The highest BCUT2D eigenvalue weighted by Gasteiger charge is 2.33. The highest BCUT2D eigenvalue weighted by atomic mass is 16.5. The lowest BCUT2D eigenvalue weighted by Crippen LogP contribution is -2.49. The second kappa shape index (κ2) is 10.8. The first-order valence-electron chi connectivity index (χ1n) is 13.6. The zero-order valence-electron chi connectivity index (χ0n) is 22.8. The number of piperazine rings is 1. The minimum atomic E-state index is -0.380. The van der Waals surface area contributed by atoms with E-state index in [9.17, 15) is 4.79 Å². The molecular weight excluding hydrogens is 494 g/mol. The minimum absolute atomic E-state index is 0.0836. The number of ether oxygens (including phenoxy) is 2. The molecule has 2 atom stereocenters. The van der Waals surface area contributed by atoms with Crippen molar-refractivity contribution in [1.29, 1.82) is 0 Å². The third-order valence-electron chi connectivity index (χ3n) is 8.10. The van der Waals surface area contributed by atoms with Crippen LogP contribution in [-0.2, 0) is 11.3 Å². The van der Waals surface area contributed by atoms with Crippen LogP contribution < -0.4 is 15.2 Å². The molecule has 10 nitrogen and oxygen atoms in total. The van der Waals surface area contributed by atoms with Gasteiger partial charge in [0.25, 0.3) is 5.56 Å². The van der Waals surface area contributed by atoms with E-state index >= 15 is 0 Å². The zero-order valence-corrected chi connectivity index (χ0v) is 22.8. The molecule has 2 aliphatic heterocycles. The Kier molecular flexibility index (Phi) is 7.05. The summed E-state index contributed by atoms with van der Waals surface area (Å²) in [6.07, 6.45) is 2.11. The van der Waals surface area contributed by atoms with Crippen molar-refractivity contribution in [2.75, 3.05) is 44.8 Å². The van der Waals surface area contributed by atoms with Gasteiger partial charge in [-0.15, -0.1) is 5.10 Å². The van der Waals surface area contributed by atoms with E-state index in [0.717, 1.165) is 73.5 Å². The van der Waals surface area contributed by atoms with Crippen molar-refractivity contribution in [3.63, 3.8) is 0 Å². The minimum Gasteiger partial charge on any atom is -0.497 e. The summed E-state index contributed by atoms with van der Waals surface area (Å²) < 4.78 is 13.0. The number of hydrogen-bond acceptors (Lipinski definition) is 8. The normalized spacial score (nSPS) is 19.1. The third kappa shape index (κ3) is 5.14. The van der Waals surface area contributed by atoms with Gasteiger partial charge >= 0.3 is 0 Å². The lowest BCUT2D eigenvalue weighted by Gasteiger charge is -2.39. The van der Waals surface area contributed by atoms with E-state index in [-0.39, 0.29) is 17.7 Å². The van der Waals surface area contributed by atoms with Crippen LogP contribution in [0.25, 0.3) is 10.9 Å². The lowest BCUT2D eigenvalue weighted by molar-refractivity contribution is 0.0906. The summed E-state index contributed by atoms with van der Waals surface area (Å²) in [4.78, 5) is 21.4. The van der Waals surface area contributed by atoms with Crippen molar-refractivity contribution in [1.82, 2.24) is 30.1 Å². The van der Waals surface area contributed by atoms with Gasteiger partial charge in [0.2, 0.25) is 0 Å². The molecule has 6 rings (SSSR count). The van der Waals surface area contributed by atoms with Crippen molar-refractivity contribution in [3.05, 3.63) is 75.3 Å². The van der Waals surface area contributed by atoms with E-state index in [1.165, 1.54) is 5.56 Å². The van der Waals surface area contributed by atoms with E-state index in [1.807, 2.05) is 28.9 Å². The quantitative estimate of drug-likeness (QED) is 0.390. The number of anilines is 1. The maximum absolute atomic E-state index is 13.6. The number of aromatic nitrogens is 5. The fourth-order valence-corrected chi connectivity index (χ4v) is 5.75. The van der Waals surface area contributed by atoms with E-state index in [0.29, 0.717) is 17.9 Å². The van der Waals surface area contributed by atoms with E-state index in [1.54, 1.807) is 7.11 Å². The van der Waals surface area contributed by atoms with Crippen LogP contribution in [0.1, 0.15) is 41.4 Å². The monoisotopic (exact) mass is 529 g/mol. The van der Waals surface area contributed by atoms with Gasteiger partial charge in [0, 0.05) is 49.6 Å². The van der Waals surface area contributed by atoms with Gasteiger partial charge in [-0.25, -0.2) is 4.68 Å². The summed E-state index contributed by atoms with van der Waals surface area (Å²) in [5.41, 5.74) is 4.89. The molecule has 204 valence electrons. The number of pyridine rings is 1. The van der Waals surface area contributed by atoms with Gasteiger partial charge < -0.3 is 19.4 Å². The molecule has 0 bridgehead atoms. The molecule has 0 unspecified atom stereocenters. The number of aryl methyl sites for hydroxylation is 2. The smallest absolute Gasteiger partial charge is 0.253 e. The number of hydrogen-bond donors (Lipinski definition) is 1. The highest BCUT2D eigenvalue weighted by molar-refractivity contribution is 5.81. The van der Waals surface area contributed by atoms with Gasteiger partial charge in [-0.05, 0) is 96.1 Å². The number of aromatic amines is 1. The molecule has 2 fully saturated rings. The Balaban J connectivity index is 1.35. The number of methoxy groups -OCH3 is 1. The molecular formula is C29H35N7O3. The second-order valence-corrected chi connectivity index (χ2v) is 10.6. The van der Waals surface area contributed by atoms with E-state index in [2.05, 4.69) is 62.4 Å². The number of nitrogens with one attached hydrogen (secondary N) is 1. The molecule has 0 radical (unpaired) electrons. The average Bonchev–Trinajstić information content (AvgIpc) is 3.64. The standard InChI is InChI=1S/C29H35N7O3/c1-19-15-21-17-25(29(37)30-26(21)16-20(19)2)27(28-31-32-33-36(28)18-24-5-4-14-39-24)35-12-10-34(11-13-35)22-6-8-23(38-3)9-7-22/h6-9,15-17,24,27H,4-5,10-14,18H2,1-3H3,(H,30,37)/t24-,27+/m1/s1. The molecule has 4 heterocycles. The van der Waals surface area contributed by atoms with Gasteiger partial charge in [0.15, 0.2) is 5.82 Å². The van der Waals surface area contributed by atoms with Gasteiger partial charge in [-0.1, -0.05) is 0 Å². The summed E-state index contributed by atoms with van der Waals surface area (Å²) in [5.74, 6) is 1.52. The number of rotatable bonds is 7. The maximum Gasteiger partial charge on any atom is 0.253 e. The topological polar surface area (TPSA) is 101 Å². The Bertz CT molecular complexity index is 1500. The molecule has 2 aromatic carbocycles. The largest absolute Gasteiger partial charge is 0.497 e. The number of tetrazole rings is 1. The molecule has 2 saturated heterocycles.